The van der Waals surface area contributed by atoms with Gasteiger partial charge in [0.25, 0.3) is 0 Å². The molecule has 2 nitrogen and oxygen atoms in total. The average Bonchev–Trinajstić information content (AvgIpc) is 2.37. The van der Waals surface area contributed by atoms with Gasteiger partial charge in [0.15, 0.2) is 5.78 Å². The fourth-order valence-electron chi connectivity index (χ4n) is 1.69. The largest absolute Gasteiger partial charge is 0.456 e. The zero-order valence-corrected chi connectivity index (χ0v) is 11.9. The van der Waals surface area contributed by atoms with Crippen LogP contribution in [0.25, 0.3) is 0 Å². The lowest BCUT2D eigenvalue weighted by Crippen LogP contribution is -1.99. The van der Waals surface area contributed by atoms with Crippen molar-refractivity contribution in [2.45, 2.75) is 13.3 Å². The van der Waals surface area contributed by atoms with Gasteiger partial charge in [-0.2, -0.15) is 0 Å². The minimum atomic E-state index is -0.399. The number of ketones is 1. The van der Waals surface area contributed by atoms with E-state index in [1.54, 1.807) is 37.3 Å². The fourth-order valence-corrected chi connectivity index (χ4v) is 2.14. The third kappa shape index (κ3) is 3.41. The highest BCUT2D eigenvalue weighted by atomic mass is 79.9. The number of benzene rings is 2. The van der Waals surface area contributed by atoms with Crippen LogP contribution in [0.2, 0.25) is 0 Å². The maximum atomic E-state index is 13.3. The van der Waals surface area contributed by atoms with Crippen molar-refractivity contribution in [3.8, 4) is 11.5 Å². The lowest BCUT2D eigenvalue weighted by atomic mass is 10.1. The van der Waals surface area contributed by atoms with Crippen LogP contribution in [0, 0.1) is 5.82 Å². The molecule has 0 radical (unpaired) electrons. The summed E-state index contributed by atoms with van der Waals surface area (Å²) in [6.07, 6.45) is 0.396. The van der Waals surface area contributed by atoms with Gasteiger partial charge in [-0.1, -0.05) is 35.0 Å². The Balaban J connectivity index is 2.35. The summed E-state index contributed by atoms with van der Waals surface area (Å²) in [7, 11) is 0. The molecule has 0 saturated heterocycles. The second kappa shape index (κ2) is 5.97. The van der Waals surface area contributed by atoms with E-state index in [0.29, 0.717) is 28.0 Å². The molecule has 0 fully saturated rings. The second-order valence-corrected chi connectivity index (χ2v) is 4.90. The van der Waals surface area contributed by atoms with Crippen LogP contribution in [0.1, 0.15) is 23.7 Å². The molecule has 0 aliphatic carbocycles. The van der Waals surface area contributed by atoms with Crippen molar-refractivity contribution < 1.29 is 13.9 Å². The van der Waals surface area contributed by atoms with E-state index in [-0.39, 0.29) is 5.78 Å². The third-order valence-electron chi connectivity index (χ3n) is 2.57. The Kier molecular flexibility index (Phi) is 4.32. The molecule has 4 heteroatoms. The first-order chi connectivity index (χ1) is 9.10. The van der Waals surface area contributed by atoms with Gasteiger partial charge in [0, 0.05) is 17.0 Å². The van der Waals surface area contributed by atoms with Gasteiger partial charge in [0.2, 0.25) is 0 Å². The number of carbonyl (C=O) groups is 1. The number of carbonyl (C=O) groups excluding carboxylic acids is 1. The molecular weight excluding hydrogens is 311 g/mol. The second-order valence-electron chi connectivity index (χ2n) is 3.98. The van der Waals surface area contributed by atoms with Gasteiger partial charge < -0.3 is 4.74 Å². The van der Waals surface area contributed by atoms with Crippen LogP contribution in [0.3, 0.4) is 0 Å². The SMILES string of the molecule is CCC(=O)c1ccccc1Oc1cc(F)cc(Br)c1. The first-order valence-corrected chi connectivity index (χ1v) is 6.65. The Morgan fingerprint density at radius 3 is 2.68 bits per heavy atom. The summed E-state index contributed by atoms with van der Waals surface area (Å²) < 4.78 is 19.5. The third-order valence-corrected chi connectivity index (χ3v) is 3.03. The molecule has 0 bridgehead atoms. The molecule has 2 aromatic carbocycles. The Morgan fingerprint density at radius 2 is 2.00 bits per heavy atom. The zero-order chi connectivity index (χ0) is 13.8. The predicted octanol–water partition coefficient (Wildman–Crippen LogP) is 4.97. The summed E-state index contributed by atoms with van der Waals surface area (Å²) in [6.45, 7) is 1.79. The van der Waals surface area contributed by atoms with Crippen molar-refractivity contribution in [2.75, 3.05) is 0 Å². The van der Waals surface area contributed by atoms with E-state index in [2.05, 4.69) is 15.9 Å². The summed E-state index contributed by atoms with van der Waals surface area (Å²) in [5.41, 5.74) is 0.505. The highest BCUT2D eigenvalue weighted by molar-refractivity contribution is 9.10. The summed E-state index contributed by atoms with van der Waals surface area (Å²) in [6, 6.07) is 11.2. The van der Waals surface area contributed by atoms with Crippen molar-refractivity contribution in [3.63, 3.8) is 0 Å². The first-order valence-electron chi connectivity index (χ1n) is 5.86. The molecular formula is C15H12BrFO2. The molecule has 0 aromatic heterocycles. The highest BCUT2D eigenvalue weighted by Gasteiger charge is 2.11. The van der Waals surface area contributed by atoms with Crippen molar-refractivity contribution in [2.24, 2.45) is 0 Å². The molecule has 0 heterocycles. The molecule has 0 saturated carbocycles. The molecule has 98 valence electrons. The highest BCUT2D eigenvalue weighted by Crippen LogP contribution is 2.28. The van der Waals surface area contributed by atoms with Gasteiger partial charge >= 0.3 is 0 Å². The van der Waals surface area contributed by atoms with E-state index in [9.17, 15) is 9.18 Å². The van der Waals surface area contributed by atoms with Gasteiger partial charge in [0.05, 0.1) is 5.56 Å². The van der Waals surface area contributed by atoms with Crippen molar-refractivity contribution in [1.29, 1.82) is 0 Å². The molecule has 0 aliphatic rings. The number of halogens is 2. The Hall–Kier alpha value is -1.68. The van der Waals surface area contributed by atoms with Gasteiger partial charge in [-0.15, -0.1) is 0 Å². The maximum absolute atomic E-state index is 13.3. The lowest BCUT2D eigenvalue weighted by Gasteiger charge is -2.10. The van der Waals surface area contributed by atoms with E-state index >= 15 is 0 Å². The summed E-state index contributed by atoms with van der Waals surface area (Å²) in [4.78, 5) is 11.8. The summed E-state index contributed by atoms with van der Waals surface area (Å²) in [5, 5.41) is 0. The smallest absolute Gasteiger partial charge is 0.166 e. The van der Waals surface area contributed by atoms with Crippen LogP contribution in [0.5, 0.6) is 11.5 Å². The first kappa shape index (κ1) is 13.7. The molecule has 0 N–H and O–H groups in total. The minimum absolute atomic E-state index is 0.00827. The van der Waals surface area contributed by atoms with E-state index < -0.39 is 5.82 Å². The number of Topliss-reactive ketones (excluding diaryl/α,β-unsaturated/α-hetero) is 1. The normalized spacial score (nSPS) is 10.3. The van der Waals surface area contributed by atoms with Crippen LogP contribution < -0.4 is 4.74 Å². The molecule has 2 rings (SSSR count). The van der Waals surface area contributed by atoms with Crippen molar-refractivity contribution in [3.05, 3.63) is 58.3 Å². The molecule has 0 atom stereocenters. The van der Waals surface area contributed by atoms with E-state index in [1.165, 1.54) is 12.1 Å². The van der Waals surface area contributed by atoms with Gasteiger partial charge in [0.1, 0.15) is 17.3 Å². The van der Waals surface area contributed by atoms with Gasteiger partial charge in [-0.25, -0.2) is 4.39 Å². The Bertz CT molecular complexity index is 591. The molecule has 0 unspecified atom stereocenters. The number of hydrogen-bond donors (Lipinski definition) is 0. The molecule has 19 heavy (non-hydrogen) atoms. The van der Waals surface area contributed by atoms with Crippen LogP contribution in [-0.4, -0.2) is 5.78 Å². The standard InChI is InChI=1S/C15H12BrFO2/c1-2-14(18)13-5-3-4-6-15(13)19-12-8-10(16)7-11(17)9-12/h3-9H,2H2,1H3. The number of para-hydroxylation sites is 1. The van der Waals surface area contributed by atoms with Gasteiger partial charge in [-0.05, 0) is 24.3 Å². The molecule has 2 aromatic rings. The minimum Gasteiger partial charge on any atom is -0.456 e. The molecule has 0 amide bonds. The van der Waals surface area contributed by atoms with Crippen molar-refractivity contribution >= 4 is 21.7 Å². The molecule has 0 aliphatic heterocycles. The predicted molar refractivity (Wildman–Crippen MR) is 75.2 cm³/mol. The van der Waals surface area contributed by atoms with E-state index in [4.69, 9.17) is 4.74 Å². The van der Waals surface area contributed by atoms with Crippen LogP contribution in [0.15, 0.2) is 46.9 Å². The topological polar surface area (TPSA) is 26.3 Å². The zero-order valence-electron chi connectivity index (χ0n) is 10.3. The number of ether oxygens (including phenoxy) is 1. The average molecular weight is 323 g/mol. The van der Waals surface area contributed by atoms with E-state index in [0.717, 1.165) is 0 Å². The quantitative estimate of drug-likeness (QED) is 0.742. The van der Waals surface area contributed by atoms with Gasteiger partial charge in [-0.3, -0.25) is 4.79 Å². The fraction of sp³-hybridized carbons (Fsp3) is 0.133. The van der Waals surface area contributed by atoms with Crippen molar-refractivity contribution in [1.82, 2.24) is 0 Å². The summed E-state index contributed by atoms with van der Waals surface area (Å²) in [5.74, 6) is 0.379. The number of hydrogen-bond acceptors (Lipinski definition) is 2. The van der Waals surface area contributed by atoms with Crippen LogP contribution in [-0.2, 0) is 0 Å². The van der Waals surface area contributed by atoms with Crippen LogP contribution >= 0.6 is 15.9 Å². The lowest BCUT2D eigenvalue weighted by molar-refractivity contribution is 0.0986. The Morgan fingerprint density at radius 1 is 1.26 bits per heavy atom. The van der Waals surface area contributed by atoms with Crippen LogP contribution in [0.4, 0.5) is 4.39 Å². The van der Waals surface area contributed by atoms with E-state index in [1.807, 2.05) is 0 Å². The maximum Gasteiger partial charge on any atom is 0.166 e. The molecule has 0 spiro atoms. The monoisotopic (exact) mass is 322 g/mol. The summed E-state index contributed by atoms with van der Waals surface area (Å²) >= 11 is 3.20. The Labute approximate surface area is 119 Å². The number of rotatable bonds is 4.